The van der Waals surface area contributed by atoms with E-state index in [0.717, 1.165) is 12.8 Å². The van der Waals surface area contributed by atoms with Crippen LogP contribution in [0.4, 0.5) is 0 Å². The van der Waals surface area contributed by atoms with Gasteiger partial charge in [-0.15, -0.1) is 0 Å². The summed E-state index contributed by atoms with van der Waals surface area (Å²) in [6, 6.07) is 0. The molecule has 0 heterocycles. The molecular formula is C24H47NaO2. The first-order valence-electron chi connectivity index (χ1n) is 12.0. The van der Waals surface area contributed by atoms with Gasteiger partial charge in [-0.05, 0) is 12.8 Å². The molecule has 0 spiro atoms. The molecule has 0 saturated heterocycles. The van der Waals surface area contributed by atoms with Gasteiger partial charge in [0.15, 0.2) is 0 Å². The maximum atomic E-state index is 10.3. The van der Waals surface area contributed by atoms with Crippen molar-refractivity contribution < 1.29 is 39.5 Å². The average Bonchev–Trinajstić information content (AvgIpc) is 2.62. The zero-order valence-electron chi connectivity index (χ0n) is 18.9. The largest absolute Gasteiger partial charge is 1.00 e. The van der Waals surface area contributed by atoms with Crippen molar-refractivity contribution >= 4 is 5.97 Å². The fourth-order valence-electron chi connectivity index (χ4n) is 3.70. The van der Waals surface area contributed by atoms with Crippen LogP contribution in [0.5, 0.6) is 0 Å². The van der Waals surface area contributed by atoms with Gasteiger partial charge >= 0.3 is 29.6 Å². The molecule has 0 aromatic heterocycles. The Morgan fingerprint density at radius 3 is 0.926 bits per heavy atom. The number of carboxylic acid groups (broad SMARTS) is 1. The molecule has 0 unspecified atom stereocenters. The summed E-state index contributed by atoms with van der Waals surface area (Å²) in [5.74, 6) is -0.900. The van der Waals surface area contributed by atoms with Gasteiger partial charge in [0, 0.05) is 5.97 Å². The van der Waals surface area contributed by atoms with Crippen molar-refractivity contribution in [1.82, 2.24) is 0 Å². The minimum Gasteiger partial charge on any atom is -0.550 e. The van der Waals surface area contributed by atoms with Crippen LogP contribution in [-0.2, 0) is 4.79 Å². The Hall–Kier alpha value is 0.470. The molecular weight excluding hydrogens is 343 g/mol. The Bertz CT molecular complexity index is 282. The predicted molar refractivity (Wildman–Crippen MR) is 112 cm³/mol. The number of carbonyl (C=O) groups excluding carboxylic acids is 1. The predicted octanol–water partition coefficient (Wildman–Crippen LogP) is 4.34. The Morgan fingerprint density at radius 1 is 0.481 bits per heavy atom. The van der Waals surface area contributed by atoms with E-state index < -0.39 is 5.97 Å². The quantitative estimate of drug-likeness (QED) is 0.204. The summed E-state index contributed by atoms with van der Waals surface area (Å²) in [5.41, 5.74) is 0. The number of rotatable bonds is 22. The van der Waals surface area contributed by atoms with E-state index in [9.17, 15) is 9.90 Å². The van der Waals surface area contributed by atoms with Gasteiger partial charge in [-0.2, -0.15) is 0 Å². The topological polar surface area (TPSA) is 40.1 Å². The van der Waals surface area contributed by atoms with Gasteiger partial charge in [-0.25, -0.2) is 0 Å². The van der Waals surface area contributed by atoms with Crippen molar-refractivity contribution in [3.05, 3.63) is 0 Å². The molecule has 156 valence electrons. The Balaban J connectivity index is 0. The standard InChI is InChI=1S/C24H48O2.Na/c1-2-3-4-5-6-7-8-9-10-11-12-13-14-15-16-17-18-19-20-21-22-23-24(25)26;/h2-23H2,1H3,(H,25,26);/q;+1/p-1. The van der Waals surface area contributed by atoms with Crippen LogP contribution in [0.2, 0.25) is 0 Å². The van der Waals surface area contributed by atoms with Crippen LogP contribution >= 0.6 is 0 Å². The number of unbranched alkanes of at least 4 members (excludes halogenated alkanes) is 20. The molecule has 0 amide bonds. The van der Waals surface area contributed by atoms with Crippen molar-refractivity contribution in [1.29, 1.82) is 0 Å². The van der Waals surface area contributed by atoms with Gasteiger partial charge in [0.05, 0.1) is 0 Å². The third-order valence-corrected chi connectivity index (χ3v) is 5.48. The summed E-state index contributed by atoms with van der Waals surface area (Å²) in [7, 11) is 0. The van der Waals surface area contributed by atoms with E-state index in [1.807, 2.05) is 0 Å². The van der Waals surface area contributed by atoms with E-state index in [1.54, 1.807) is 0 Å². The molecule has 0 rings (SSSR count). The maximum Gasteiger partial charge on any atom is 1.00 e. The third kappa shape index (κ3) is 28.8. The number of carbonyl (C=O) groups is 1. The molecule has 2 nitrogen and oxygen atoms in total. The van der Waals surface area contributed by atoms with Gasteiger partial charge < -0.3 is 9.90 Å². The molecule has 0 aliphatic rings. The summed E-state index contributed by atoms with van der Waals surface area (Å²) >= 11 is 0. The summed E-state index contributed by atoms with van der Waals surface area (Å²) < 4.78 is 0. The zero-order chi connectivity index (χ0) is 19.1. The minimum absolute atomic E-state index is 0. The van der Waals surface area contributed by atoms with Crippen molar-refractivity contribution in [2.75, 3.05) is 0 Å². The van der Waals surface area contributed by atoms with Gasteiger partial charge in [-0.3, -0.25) is 0 Å². The fraction of sp³-hybridized carbons (Fsp3) is 0.958. The number of aliphatic carboxylic acids is 1. The molecule has 0 aliphatic carbocycles. The molecule has 0 fully saturated rings. The molecule has 0 aromatic rings. The molecule has 0 bridgehead atoms. The fourth-order valence-corrected chi connectivity index (χ4v) is 3.70. The van der Waals surface area contributed by atoms with Crippen LogP contribution in [0, 0.1) is 0 Å². The number of carboxylic acids is 1. The number of hydrogen-bond acceptors (Lipinski definition) is 2. The Kier molecular flexibility index (Phi) is 29.1. The zero-order valence-corrected chi connectivity index (χ0v) is 20.9. The van der Waals surface area contributed by atoms with Crippen LogP contribution in [0.1, 0.15) is 148 Å². The molecule has 0 radical (unpaired) electrons. The summed E-state index contributed by atoms with van der Waals surface area (Å²) in [5, 5.41) is 10.3. The summed E-state index contributed by atoms with van der Waals surface area (Å²) in [4.78, 5) is 10.3. The first-order valence-corrected chi connectivity index (χ1v) is 12.0. The molecule has 0 aliphatic heterocycles. The molecule has 3 heteroatoms. The summed E-state index contributed by atoms with van der Waals surface area (Å²) in [6.45, 7) is 2.29. The molecule has 0 atom stereocenters. The van der Waals surface area contributed by atoms with E-state index in [-0.39, 0.29) is 36.0 Å². The van der Waals surface area contributed by atoms with E-state index in [0.29, 0.717) is 0 Å². The van der Waals surface area contributed by atoms with E-state index in [1.165, 1.54) is 122 Å². The smallest absolute Gasteiger partial charge is 0.550 e. The van der Waals surface area contributed by atoms with E-state index in [4.69, 9.17) is 0 Å². The van der Waals surface area contributed by atoms with Gasteiger partial charge in [0.1, 0.15) is 0 Å². The van der Waals surface area contributed by atoms with Crippen LogP contribution in [-0.4, -0.2) is 5.97 Å². The van der Waals surface area contributed by atoms with Gasteiger partial charge in [0.25, 0.3) is 0 Å². The second-order valence-corrected chi connectivity index (χ2v) is 8.19. The van der Waals surface area contributed by atoms with Crippen molar-refractivity contribution in [2.24, 2.45) is 0 Å². The molecule has 0 saturated carbocycles. The van der Waals surface area contributed by atoms with Crippen molar-refractivity contribution in [2.45, 2.75) is 148 Å². The first kappa shape index (κ1) is 29.7. The van der Waals surface area contributed by atoms with Crippen LogP contribution in [0.25, 0.3) is 0 Å². The third-order valence-electron chi connectivity index (χ3n) is 5.48. The second kappa shape index (κ2) is 26.5. The molecule has 0 aromatic carbocycles. The first-order chi connectivity index (χ1) is 12.8. The second-order valence-electron chi connectivity index (χ2n) is 8.19. The average molecular weight is 391 g/mol. The molecule has 0 N–H and O–H groups in total. The summed E-state index contributed by atoms with van der Waals surface area (Å²) in [6.07, 6.45) is 28.7. The maximum absolute atomic E-state index is 10.3. The van der Waals surface area contributed by atoms with Crippen molar-refractivity contribution in [3.63, 3.8) is 0 Å². The van der Waals surface area contributed by atoms with E-state index in [2.05, 4.69) is 6.92 Å². The van der Waals surface area contributed by atoms with Crippen molar-refractivity contribution in [3.8, 4) is 0 Å². The molecule has 27 heavy (non-hydrogen) atoms. The monoisotopic (exact) mass is 390 g/mol. The van der Waals surface area contributed by atoms with E-state index >= 15 is 0 Å². The van der Waals surface area contributed by atoms with Crippen LogP contribution < -0.4 is 34.7 Å². The van der Waals surface area contributed by atoms with Crippen LogP contribution in [0.15, 0.2) is 0 Å². The van der Waals surface area contributed by atoms with Gasteiger partial charge in [-0.1, -0.05) is 135 Å². The Labute approximate surface area is 193 Å². The Morgan fingerprint density at radius 2 is 0.704 bits per heavy atom. The normalized spacial score (nSPS) is 10.7. The van der Waals surface area contributed by atoms with Gasteiger partial charge in [0.2, 0.25) is 0 Å². The minimum atomic E-state index is -0.900. The SMILES string of the molecule is CCCCCCCCCCCCCCCCCCCCCCCC(=O)[O-].[Na+]. The van der Waals surface area contributed by atoms with Crippen LogP contribution in [0.3, 0.4) is 0 Å². The number of hydrogen-bond donors (Lipinski definition) is 0.